The Hall–Kier alpha value is 0.820. The number of halogens is 1. The van der Waals surface area contributed by atoms with Crippen molar-refractivity contribution >= 4 is 15.1 Å². The minimum absolute atomic E-state index is 0. The third-order valence-corrected chi connectivity index (χ3v) is 3.20. The van der Waals surface area contributed by atoms with Gasteiger partial charge in [0.25, 0.3) is 0 Å². The minimum Gasteiger partial charge on any atom is -0.699 e. The van der Waals surface area contributed by atoms with Crippen LogP contribution in [0, 0.1) is 37.0 Å². The van der Waals surface area contributed by atoms with E-state index >= 15 is 0 Å². The van der Waals surface area contributed by atoms with Crippen LogP contribution in [0.1, 0.15) is 39.0 Å². The zero-order valence-corrected chi connectivity index (χ0v) is 22.3. The van der Waals surface area contributed by atoms with E-state index in [9.17, 15) is 0 Å². The molecular weight excluding hydrogens is 747 g/mol. The fraction of sp³-hybridized carbons (Fsp3) is 0.688. The third kappa shape index (κ3) is 27.1. The number of hydrogen-bond acceptors (Lipinski definition) is 3. The Balaban J connectivity index is -0.000000124. The van der Waals surface area contributed by atoms with Gasteiger partial charge in [-0.3, -0.25) is 4.98 Å². The van der Waals surface area contributed by atoms with Gasteiger partial charge in [-0.1, -0.05) is 31.4 Å². The second-order valence-electron chi connectivity index (χ2n) is 4.99. The molecule has 0 amide bonds. The Kier molecular flexibility index (Phi) is 39.5. The summed E-state index contributed by atoms with van der Waals surface area (Å²) < 4.78 is 0. The Bertz CT molecular complexity index is 319. The summed E-state index contributed by atoms with van der Waals surface area (Å²) in [5.74, 6) is 0.832. The number of pyridine rings is 1. The van der Waals surface area contributed by atoms with Crippen LogP contribution in [-0.4, -0.2) is 36.3 Å². The zero-order chi connectivity index (χ0) is 19.2. The first-order valence-corrected chi connectivity index (χ1v) is 10.7. The van der Waals surface area contributed by atoms with Crippen molar-refractivity contribution in [2.45, 2.75) is 45.1 Å². The predicted molar refractivity (Wildman–Crippen MR) is 101 cm³/mol. The van der Waals surface area contributed by atoms with Gasteiger partial charge in [-0.15, -0.1) is 5.69 Å². The standard InChI is InChI=1S/C8H17N.C5H5N2.C2H6N2.CH4O.ClH.Pt.U/c1-7(9)8-5-3-2-4-6-8;6-5-1-3-7-4-2-5;3-1-2-4;1-2;;;/h7-8H,2-6,9H2,1H3;1-4H,(H-,6,7);3-4H,1-2H2;2H,1H3;1H;;/q;-1;-2;;;+1;/p-1. The van der Waals surface area contributed by atoms with E-state index in [4.69, 9.17) is 28.0 Å². The smallest absolute Gasteiger partial charge is 0.0255 e. The van der Waals surface area contributed by atoms with E-state index in [0.29, 0.717) is 11.7 Å². The number of aromatic nitrogens is 1. The molecule has 6 N–H and O–H groups in total. The molecule has 1 aliphatic carbocycles. The van der Waals surface area contributed by atoms with Crippen molar-refractivity contribution < 1.29 is 55.0 Å². The molecule has 0 bridgehead atoms. The van der Waals surface area contributed by atoms with Gasteiger partial charge in [-0.2, -0.15) is 13.1 Å². The summed E-state index contributed by atoms with van der Waals surface area (Å²) in [4.78, 5) is 3.73. The molecule has 0 aromatic carbocycles. The molecule has 1 fully saturated rings. The molecule has 25 heavy (non-hydrogen) atoms. The Morgan fingerprint density at radius 3 is 1.76 bits per heavy atom. The van der Waals surface area contributed by atoms with E-state index in [1.54, 1.807) is 43.3 Å². The summed E-state index contributed by atoms with van der Waals surface area (Å²) in [5.41, 5.74) is 25.8. The molecule has 6 nitrogen and oxygen atoms in total. The predicted octanol–water partition coefficient (Wildman–Crippen LogP) is 5.07. The molecule has 2 rings (SSSR count). The van der Waals surface area contributed by atoms with Gasteiger partial charge >= 0.3 is 28.2 Å². The molecule has 1 heterocycles. The van der Waals surface area contributed by atoms with E-state index in [-0.39, 0.29) is 44.2 Å². The molecule has 9 heteroatoms. The van der Waals surface area contributed by atoms with Gasteiger partial charge in [0.1, 0.15) is 0 Å². The maximum absolute atomic E-state index is 7.00. The maximum Gasteiger partial charge on any atom is 0.0255 e. The second-order valence-corrected chi connectivity index (χ2v) is 4.99. The van der Waals surface area contributed by atoms with Crippen LogP contribution in [0.3, 0.4) is 0 Å². The van der Waals surface area contributed by atoms with Gasteiger partial charge < -0.3 is 28.0 Å². The van der Waals surface area contributed by atoms with Gasteiger partial charge in [-0.05, 0) is 25.7 Å². The SMILES string of the molecule is CC(N)C1CCCCC1.CO.[Cl][Pt].[NH-]CC[NH-].[NH-]c1ccncc1.[U]. The molecule has 1 aromatic heterocycles. The first-order chi connectivity index (χ1) is 11.6. The van der Waals surface area contributed by atoms with Crippen LogP contribution in [-0.2, 0) is 18.8 Å². The summed E-state index contributed by atoms with van der Waals surface area (Å²) in [6.07, 6.45) is 10.2. The zero-order valence-electron chi connectivity index (χ0n) is 15.1. The molecule has 151 valence electrons. The van der Waals surface area contributed by atoms with Gasteiger partial charge in [0, 0.05) is 56.7 Å². The summed E-state index contributed by atoms with van der Waals surface area (Å²) in [6.45, 7) is 2.61. The summed E-state index contributed by atoms with van der Waals surface area (Å²) in [6, 6.07) is 3.71. The summed E-state index contributed by atoms with van der Waals surface area (Å²) in [5, 5.41) is 7.00. The maximum atomic E-state index is 7.00. The van der Waals surface area contributed by atoms with Crippen molar-refractivity contribution in [2.75, 3.05) is 20.2 Å². The molecule has 0 aliphatic heterocycles. The molecule has 1 aromatic rings. The number of nitrogens with zero attached hydrogens (tertiary/aromatic N) is 1. The number of aliphatic hydroxyl groups is 1. The molecule has 1 unspecified atom stereocenters. The molecule has 1 saturated carbocycles. The Labute approximate surface area is 192 Å². The van der Waals surface area contributed by atoms with Crippen LogP contribution in [0.25, 0.3) is 17.2 Å². The number of hydrogen-bond donors (Lipinski definition) is 2. The minimum atomic E-state index is 0. The topological polar surface area (TPSA) is 131 Å². The Morgan fingerprint density at radius 2 is 1.56 bits per heavy atom. The molecule has 1 atom stereocenters. The van der Waals surface area contributed by atoms with Crippen molar-refractivity contribution in [1.82, 2.24) is 4.98 Å². The number of nitrogens with one attached hydrogen (secondary N) is 3. The summed E-state index contributed by atoms with van der Waals surface area (Å²) >= 11 is 1.61. The average Bonchev–Trinajstić information content (AvgIpc) is 2.67. The van der Waals surface area contributed by atoms with Crippen LogP contribution in [0.2, 0.25) is 0 Å². The van der Waals surface area contributed by atoms with E-state index in [1.165, 1.54) is 32.1 Å². The fourth-order valence-corrected chi connectivity index (χ4v) is 2.01. The second kappa shape index (κ2) is 29.6. The van der Waals surface area contributed by atoms with E-state index < -0.39 is 0 Å². The largest absolute Gasteiger partial charge is 0.699 e. The molecule has 0 spiro atoms. The normalized spacial score (nSPS) is 13.5. The van der Waals surface area contributed by atoms with Crippen molar-refractivity contribution in [2.24, 2.45) is 11.7 Å². The number of aliphatic hydroxyl groups excluding tert-OH is 1. The van der Waals surface area contributed by atoms with Gasteiger partial charge in [0.15, 0.2) is 0 Å². The van der Waals surface area contributed by atoms with Crippen molar-refractivity contribution in [3.05, 3.63) is 41.7 Å². The molecule has 0 saturated heterocycles. The number of rotatable bonds is 2. The van der Waals surface area contributed by atoms with Crippen LogP contribution < -0.4 is 5.73 Å². The molecule has 0 radical (unpaired) electrons. The fourth-order valence-electron chi connectivity index (χ4n) is 2.01. The van der Waals surface area contributed by atoms with Crippen molar-refractivity contribution in [3.63, 3.8) is 0 Å². The molecular formula is C16H32ClN5OPtU-3. The van der Waals surface area contributed by atoms with Gasteiger partial charge in [-0.25, -0.2) is 0 Å². The van der Waals surface area contributed by atoms with Crippen molar-refractivity contribution in [3.8, 4) is 0 Å². The quantitative estimate of drug-likeness (QED) is 0.435. The average molecular weight is 779 g/mol. The number of nitrogens with two attached hydrogens (primary N) is 1. The van der Waals surface area contributed by atoms with E-state index in [0.717, 1.165) is 13.0 Å². The van der Waals surface area contributed by atoms with Gasteiger partial charge in [0.05, 0.1) is 0 Å². The Morgan fingerprint density at radius 1 is 1.16 bits per heavy atom. The van der Waals surface area contributed by atoms with E-state index in [2.05, 4.69) is 21.3 Å². The van der Waals surface area contributed by atoms with Crippen LogP contribution in [0.5, 0.6) is 0 Å². The third-order valence-electron chi connectivity index (χ3n) is 3.20. The van der Waals surface area contributed by atoms with Crippen molar-refractivity contribution in [1.29, 1.82) is 0 Å². The first kappa shape index (κ1) is 33.4. The van der Waals surface area contributed by atoms with Gasteiger partial charge in [0.2, 0.25) is 0 Å². The monoisotopic (exact) mass is 778 g/mol. The molecule has 1 aliphatic rings. The van der Waals surface area contributed by atoms with Crippen LogP contribution in [0.15, 0.2) is 24.5 Å². The van der Waals surface area contributed by atoms with Crippen LogP contribution in [0.4, 0.5) is 5.69 Å². The first-order valence-electron chi connectivity index (χ1n) is 7.84. The van der Waals surface area contributed by atoms with Crippen LogP contribution >= 0.6 is 9.42 Å². The van der Waals surface area contributed by atoms with E-state index in [1.807, 2.05) is 0 Å². The summed E-state index contributed by atoms with van der Waals surface area (Å²) in [7, 11) is 5.61.